The summed E-state index contributed by atoms with van der Waals surface area (Å²) in [7, 11) is 0. The van der Waals surface area contributed by atoms with E-state index in [0.29, 0.717) is 0 Å². The molecule has 164 valence electrons. The Morgan fingerprint density at radius 3 is 1.88 bits per heavy atom. The second-order valence-corrected chi connectivity index (χ2v) is 10.2. The van der Waals surface area contributed by atoms with Crippen molar-refractivity contribution in [3.63, 3.8) is 0 Å². The van der Waals surface area contributed by atoms with Gasteiger partial charge in [-0.25, -0.2) is 0 Å². The number of benzene rings is 4. The molecule has 1 N–H and O–H groups in total. The Kier molecular flexibility index (Phi) is 4.36. The highest BCUT2D eigenvalue weighted by Crippen LogP contribution is 2.54. The van der Waals surface area contributed by atoms with Gasteiger partial charge in [-0.15, -0.1) is 0 Å². The Morgan fingerprint density at radius 2 is 1.27 bits per heavy atom. The van der Waals surface area contributed by atoms with Crippen LogP contribution in [0.4, 0.5) is 0 Å². The molecule has 0 saturated heterocycles. The van der Waals surface area contributed by atoms with Gasteiger partial charge in [-0.2, -0.15) is 0 Å². The number of nitrogens with one attached hydrogen (secondary N) is 1. The Balaban J connectivity index is 1.64. The first-order valence-electron chi connectivity index (χ1n) is 12.3. The minimum Gasteiger partial charge on any atom is -0.355 e. The van der Waals surface area contributed by atoms with E-state index in [9.17, 15) is 0 Å². The maximum Gasteiger partial charge on any atom is 0.0465 e. The monoisotopic (exact) mass is 429 g/mol. The fourth-order valence-corrected chi connectivity index (χ4v) is 6.01. The quantitative estimate of drug-likeness (QED) is 0.294. The summed E-state index contributed by atoms with van der Waals surface area (Å²) in [6.45, 7) is 9.29. The predicted octanol–water partition coefficient (Wildman–Crippen LogP) is 8.73. The van der Waals surface area contributed by atoms with Crippen molar-refractivity contribution < 1.29 is 0 Å². The Labute approximate surface area is 196 Å². The normalized spacial score (nSPS) is 14.5. The molecule has 0 radical (unpaired) electrons. The van der Waals surface area contributed by atoms with Crippen molar-refractivity contribution in [2.75, 3.05) is 0 Å². The average Bonchev–Trinajstić information content (AvgIpc) is 3.37. The number of hydrogen-bond donors (Lipinski definition) is 1. The van der Waals surface area contributed by atoms with Crippen molar-refractivity contribution in [1.29, 1.82) is 0 Å². The maximum absolute atomic E-state index is 3.66. The smallest absolute Gasteiger partial charge is 0.0465 e. The predicted molar refractivity (Wildman–Crippen MR) is 141 cm³/mol. The van der Waals surface area contributed by atoms with Crippen LogP contribution in [0.15, 0.2) is 84.9 Å². The van der Waals surface area contributed by atoms with Crippen LogP contribution in [-0.4, -0.2) is 4.98 Å². The molecule has 0 fully saturated rings. The second kappa shape index (κ2) is 7.09. The van der Waals surface area contributed by atoms with Crippen LogP contribution in [0.2, 0.25) is 0 Å². The third kappa shape index (κ3) is 2.72. The zero-order valence-electron chi connectivity index (χ0n) is 20.0. The summed E-state index contributed by atoms with van der Waals surface area (Å²) in [6.07, 6.45) is 2.15. The van der Waals surface area contributed by atoms with Gasteiger partial charge in [-0.1, -0.05) is 88.4 Å². The van der Waals surface area contributed by atoms with E-state index >= 15 is 0 Å². The first-order chi connectivity index (χ1) is 16.0. The largest absolute Gasteiger partial charge is 0.355 e. The third-order valence-corrected chi connectivity index (χ3v) is 8.35. The molecule has 1 nitrogen and oxygen atoms in total. The van der Waals surface area contributed by atoms with Crippen LogP contribution in [0.25, 0.3) is 32.9 Å². The Hall–Kier alpha value is -3.32. The highest BCUT2D eigenvalue weighted by Gasteiger charge is 2.43. The summed E-state index contributed by atoms with van der Waals surface area (Å²) in [4.78, 5) is 3.66. The van der Waals surface area contributed by atoms with Gasteiger partial charge in [0.15, 0.2) is 0 Å². The van der Waals surface area contributed by atoms with Gasteiger partial charge in [-0.3, -0.25) is 0 Å². The molecule has 5 aromatic rings. The van der Waals surface area contributed by atoms with E-state index in [1.165, 1.54) is 55.2 Å². The van der Waals surface area contributed by atoms with E-state index in [0.717, 1.165) is 12.8 Å². The number of fused-ring (bicyclic) bond motifs is 6. The molecule has 4 aromatic carbocycles. The number of rotatable bonds is 4. The molecule has 0 saturated carbocycles. The van der Waals surface area contributed by atoms with Crippen molar-refractivity contribution in [2.45, 2.75) is 51.4 Å². The van der Waals surface area contributed by atoms with Gasteiger partial charge in [0.25, 0.3) is 0 Å². The standard InChI is InChI=1S/C32H31N/c1-5-31(3,4)21-15-17-29-25(19-21)26-20-22(16-18-30(26)33-29)32(6-2)27-13-9-7-11-23(27)24-12-8-10-14-28(24)32/h7-20,33H,5-6H2,1-4H3. The van der Waals surface area contributed by atoms with E-state index in [2.05, 4.69) is 118 Å². The number of hydrogen-bond acceptors (Lipinski definition) is 0. The van der Waals surface area contributed by atoms with E-state index in [4.69, 9.17) is 0 Å². The van der Waals surface area contributed by atoms with Crippen LogP contribution in [0.3, 0.4) is 0 Å². The van der Waals surface area contributed by atoms with E-state index in [-0.39, 0.29) is 10.8 Å². The second-order valence-electron chi connectivity index (χ2n) is 10.2. The summed E-state index contributed by atoms with van der Waals surface area (Å²) >= 11 is 0. The van der Waals surface area contributed by atoms with Crippen LogP contribution in [0.5, 0.6) is 0 Å². The lowest BCUT2D eigenvalue weighted by molar-refractivity contribution is 0.507. The van der Waals surface area contributed by atoms with Gasteiger partial charge in [-0.05, 0) is 75.9 Å². The summed E-state index contributed by atoms with van der Waals surface area (Å²) in [5.74, 6) is 0. The molecule has 6 rings (SSSR count). The lowest BCUT2D eigenvalue weighted by Gasteiger charge is -2.32. The van der Waals surface area contributed by atoms with Crippen LogP contribution in [-0.2, 0) is 10.8 Å². The molecule has 0 atom stereocenters. The molecule has 33 heavy (non-hydrogen) atoms. The molecule has 0 aliphatic heterocycles. The van der Waals surface area contributed by atoms with Gasteiger partial charge >= 0.3 is 0 Å². The fourth-order valence-electron chi connectivity index (χ4n) is 6.01. The molecule has 0 spiro atoms. The summed E-state index contributed by atoms with van der Waals surface area (Å²) < 4.78 is 0. The number of H-pyrrole nitrogens is 1. The number of aromatic nitrogens is 1. The molecule has 1 heteroatoms. The lowest BCUT2D eigenvalue weighted by atomic mass is 9.70. The minimum atomic E-state index is -0.120. The van der Waals surface area contributed by atoms with E-state index in [1.54, 1.807) is 0 Å². The van der Waals surface area contributed by atoms with Gasteiger partial charge in [0, 0.05) is 27.2 Å². The third-order valence-electron chi connectivity index (χ3n) is 8.35. The summed E-state index contributed by atoms with van der Waals surface area (Å²) in [6, 6.07) is 32.0. The molecule has 1 heterocycles. The fraction of sp³-hybridized carbons (Fsp3) is 0.250. The highest BCUT2D eigenvalue weighted by atomic mass is 14.7. The first kappa shape index (κ1) is 20.3. The highest BCUT2D eigenvalue weighted by molar-refractivity contribution is 6.08. The lowest BCUT2D eigenvalue weighted by Crippen LogP contribution is -2.25. The minimum absolute atomic E-state index is 0.120. The molecule has 0 amide bonds. The van der Waals surface area contributed by atoms with E-state index < -0.39 is 0 Å². The summed E-state index contributed by atoms with van der Waals surface area (Å²) in [5, 5.41) is 2.66. The molecule has 1 aromatic heterocycles. The van der Waals surface area contributed by atoms with Crippen molar-refractivity contribution in [1.82, 2.24) is 4.98 Å². The molecular formula is C32H31N. The molecule has 0 unspecified atom stereocenters. The SMILES string of the molecule is CCC(C)(C)c1ccc2[nH]c3ccc(C4(CC)c5ccccc5-c5ccccc54)cc3c2c1. The Morgan fingerprint density at radius 1 is 0.697 bits per heavy atom. The van der Waals surface area contributed by atoms with Crippen LogP contribution in [0, 0.1) is 0 Å². The van der Waals surface area contributed by atoms with Crippen molar-refractivity contribution in [2.24, 2.45) is 0 Å². The average molecular weight is 430 g/mol. The Bertz CT molecular complexity index is 1470. The van der Waals surface area contributed by atoms with Crippen molar-refractivity contribution in [3.05, 3.63) is 107 Å². The summed E-state index contributed by atoms with van der Waals surface area (Å²) in [5.41, 5.74) is 10.9. The van der Waals surface area contributed by atoms with Gasteiger partial charge < -0.3 is 4.98 Å². The zero-order valence-corrected chi connectivity index (χ0v) is 20.0. The number of aromatic amines is 1. The topological polar surface area (TPSA) is 15.8 Å². The zero-order chi connectivity index (χ0) is 22.8. The molecule has 0 bridgehead atoms. The first-order valence-corrected chi connectivity index (χ1v) is 12.3. The van der Waals surface area contributed by atoms with Crippen LogP contribution < -0.4 is 0 Å². The molecular weight excluding hydrogens is 398 g/mol. The van der Waals surface area contributed by atoms with Gasteiger partial charge in [0.1, 0.15) is 0 Å². The molecule has 1 aliphatic rings. The molecule has 1 aliphatic carbocycles. The van der Waals surface area contributed by atoms with Crippen LogP contribution >= 0.6 is 0 Å². The van der Waals surface area contributed by atoms with Gasteiger partial charge in [0.2, 0.25) is 0 Å². The van der Waals surface area contributed by atoms with E-state index in [1.807, 2.05) is 0 Å². The van der Waals surface area contributed by atoms with Crippen molar-refractivity contribution >= 4 is 21.8 Å². The van der Waals surface area contributed by atoms with Crippen molar-refractivity contribution in [3.8, 4) is 11.1 Å². The maximum atomic E-state index is 3.66. The van der Waals surface area contributed by atoms with Crippen LogP contribution in [0.1, 0.15) is 62.8 Å². The van der Waals surface area contributed by atoms with Gasteiger partial charge in [0.05, 0.1) is 0 Å².